The van der Waals surface area contributed by atoms with Gasteiger partial charge < -0.3 is 15.2 Å². The molecule has 0 spiro atoms. The van der Waals surface area contributed by atoms with Crippen molar-refractivity contribution in [3.8, 4) is 5.75 Å². The van der Waals surface area contributed by atoms with E-state index in [0.29, 0.717) is 13.2 Å². The predicted molar refractivity (Wildman–Crippen MR) is 86.1 cm³/mol. The summed E-state index contributed by atoms with van der Waals surface area (Å²) < 4.78 is 6.33. The number of hydrogen-bond acceptors (Lipinski definition) is 3. The van der Waals surface area contributed by atoms with Crippen LogP contribution in [0.1, 0.15) is 16.8 Å². The van der Waals surface area contributed by atoms with Gasteiger partial charge in [0.05, 0.1) is 12.2 Å². The van der Waals surface area contributed by atoms with Crippen molar-refractivity contribution in [3.05, 3.63) is 58.6 Å². The summed E-state index contributed by atoms with van der Waals surface area (Å²) in [6.07, 6.45) is 0.823. The highest BCUT2D eigenvalue weighted by atomic mass is 79.9. The van der Waals surface area contributed by atoms with Crippen molar-refractivity contribution >= 4 is 27.6 Å². The summed E-state index contributed by atoms with van der Waals surface area (Å²) in [6, 6.07) is 14.7. The molecular formula is C16H16BrNO3. The van der Waals surface area contributed by atoms with E-state index in [1.165, 1.54) is 0 Å². The largest absolute Gasteiger partial charge is 0.494 e. The smallest absolute Gasteiger partial charge is 0.335 e. The number of para-hydroxylation sites is 1. The van der Waals surface area contributed by atoms with Crippen LogP contribution in [0.4, 0.5) is 5.69 Å². The minimum absolute atomic E-state index is 0.257. The maximum Gasteiger partial charge on any atom is 0.335 e. The van der Waals surface area contributed by atoms with E-state index >= 15 is 0 Å². The molecule has 4 nitrogen and oxygen atoms in total. The van der Waals surface area contributed by atoms with Gasteiger partial charge in [-0.15, -0.1) is 0 Å². The Labute approximate surface area is 131 Å². The van der Waals surface area contributed by atoms with E-state index in [0.717, 1.165) is 22.3 Å². The van der Waals surface area contributed by atoms with Gasteiger partial charge in [0.15, 0.2) is 0 Å². The number of aromatic carboxylic acids is 1. The van der Waals surface area contributed by atoms with Gasteiger partial charge in [-0.2, -0.15) is 0 Å². The van der Waals surface area contributed by atoms with Gasteiger partial charge in [0.2, 0.25) is 0 Å². The van der Waals surface area contributed by atoms with E-state index in [9.17, 15) is 4.79 Å². The third kappa shape index (κ3) is 5.11. The van der Waals surface area contributed by atoms with Crippen LogP contribution in [0.25, 0.3) is 0 Å². The molecule has 2 rings (SSSR count). The lowest BCUT2D eigenvalue weighted by Crippen LogP contribution is -2.08. The Kier molecular flexibility index (Phi) is 5.63. The molecule has 0 aliphatic carbocycles. The first-order valence-electron chi connectivity index (χ1n) is 6.61. The lowest BCUT2D eigenvalue weighted by Gasteiger charge is -2.09. The second-order valence-electron chi connectivity index (χ2n) is 4.48. The summed E-state index contributed by atoms with van der Waals surface area (Å²) in [5.41, 5.74) is 1.04. The number of rotatable bonds is 7. The molecule has 0 unspecified atom stereocenters. The Bertz CT molecular complexity index is 602. The minimum Gasteiger partial charge on any atom is -0.494 e. The summed E-state index contributed by atoms with van der Waals surface area (Å²) >= 11 is 3.31. The van der Waals surface area contributed by atoms with Crippen LogP contribution in [0.15, 0.2) is 53.0 Å². The van der Waals surface area contributed by atoms with Gasteiger partial charge in [-0.25, -0.2) is 4.79 Å². The van der Waals surface area contributed by atoms with Crippen LogP contribution in [0.3, 0.4) is 0 Å². The maximum atomic E-state index is 11.0. The normalized spacial score (nSPS) is 10.1. The maximum absolute atomic E-state index is 11.0. The van der Waals surface area contributed by atoms with E-state index in [1.54, 1.807) is 12.1 Å². The van der Waals surface area contributed by atoms with E-state index in [-0.39, 0.29) is 5.56 Å². The van der Waals surface area contributed by atoms with Crippen LogP contribution in [-0.2, 0) is 0 Å². The molecule has 0 aliphatic heterocycles. The van der Waals surface area contributed by atoms with Gasteiger partial charge in [-0.1, -0.05) is 34.1 Å². The molecule has 2 aromatic carbocycles. The molecule has 0 saturated carbocycles. The van der Waals surface area contributed by atoms with E-state index in [4.69, 9.17) is 9.84 Å². The van der Waals surface area contributed by atoms with E-state index in [1.807, 2.05) is 36.4 Å². The second kappa shape index (κ2) is 7.69. The first kappa shape index (κ1) is 15.4. The molecule has 0 aromatic heterocycles. The van der Waals surface area contributed by atoms with Gasteiger partial charge in [0.25, 0.3) is 0 Å². The van der Waals surface area contributed by atoms with Gasteiger partial charge in [-0.05, 0) is 36.8 Å². The van der Waals surface area contributed by atoms with Crippen molar-refractivity contribution in [3.63, 3.8) is 0 Å². The zero-order chi connectivity index (χ0) is 15.1. The molecule has 0 fully saturated rings. The Balaban J connectivity index is 1.77. The Morgan fingerprint density at radius 2 is 1.95 bits per heavy atom. The topological polar surface area (TPSA) is 58.6 Å². The highest BCUT2D eigenvalue weighted by Crippen LogP contribution is 2.19. The van der Waals surface area contributed by atoms with Crippen molar-refractivity contribution in [1.82, 2.24) is 0 Å². The SMILES string of the molecule is O=C(O)c1cc(Br)cc(NCCCOc2ccccc2)c1. The van der Waals surface area contributed by atoms with Crippen molar-refractivity contribution in [2.75, 3.05) is 18.5 Å². The van der Waals surface area contributed by atoms with Crippen LogP contribution >= 0.6 is 15.9 Å². The van der Waals surface area contributed by atoms with Gasteiger partial charge in [-0.3, -0.25) is 0 Å². The van der Waals surface area contributed by atoms with Crippen LogP contribution in [0, 0.1) is 0 Å². The predicted octanol–water partition coefficient (Wildman–Crippen LogP) is 4.03. The Morgan fingerprint density at radius 3 is 2.67 bits per heavy atom. The standard InChI is InChI=1S/C16H16BrNO3/c17-13-9-12(16(19)20)10-14(11-13)18-7-4-8-21-15-5-2-1-3-6-15/h1-3,5-6,9-11,18H,4,7-8H2,(H,19,20). The monoisotopic (exact) mass is 349 g/mol. The Hall–Kier alpha value is -2.01. The van der Waals surface area contributed by atoms with Crippen molar-refractivity contribution in [2.24, 2.45) is 0 Å². The fraction of sp³-hybridized carbons (Fsp3) is 0.188. The second-order valence-corrected chi connectivity index (χ2v) is 5.39. The number of benzene rings is 2. The fourth-order valence-corrected chi connectivity index (χ4v) is 2.32. The van der Waals surface area contributed by atoms with Crippen LogP contribution in [0.2, 0.25) is 0 Å². The number of halogens is 1. The van der Waals surface area contributed by atoms with Crippen molar-refractivity contribution in [1.29, 1.82) is 0 Å². The van der Waals surface area contributed by atoms with Gasteiger partial charge >= 0.3 is 5.97 Å². The number of carboxylic acids is 1. The average molecular weight is 350 g/mol. The fourth-order valence-electron chi connectivity index (χ4n) is 1.83. The molecule has 0 saturated heterocycles. The molecular weight excluding hydrogens is 334 g/mol. The van der Waals surface area contributed by atoms with Crippen LogP contribution < -0.4 is 10.1 Å². The third-order valence-corrected chi connectivity index (χ3v) is 3.26. The molecule has 0 bridgehead atoms. The molecule has 21 heavy (non-hydrogen) atoms. The molecule has 2 aromatic rings. The van der Waals surface area contributed by atoms with Gasteiger partial charge in [0.1, 0.15) is 5.75 Å². The summed E-state index contributed by atoms with van der Waals surface area (Å²) in [6.45, 7) is 1.32. The molecule has 0 heterocycles. The highest BCUT2D eigenvalue weighted by molar-refractivity contribution is 9.10. The first-order valence-corrected chi connectivity index (χ1v) is 7.40. The number of anilines is 1. The number of nitrogens with one attached hydrogen (secondary N) is 1. The number of carboxylic acid groups (broad SMARTS) is 1. The van der Waals surface area contributed by atoms with E-state index < -0.39 is 5.97 Å². The third-order valence-electron chi connectivity index (χ3n) is 2.81. The van der Waals surface area contributed by atoms with Crippen molar-refractivity contribution < 1.29 is 14.6 Å². The first-order chi connectivity index (χ1) is 10.1. The summed E-state index contributed by atoms with van der Waals surface area (Å²) in [5.74, 6) is -0.0834. The Morgan fingerprint density at radius 1 is 1.19 bits per heavy atom. The molecule has 0 amide bonds. The molecule has 0 radical (unpaired) electrons. The van der Waals surface area contributed by atoms with Crippen LogP contribution in [-0.4, -0.2) is 24.2 Å². The molecule has 0 atom stereocenters. The number of ether oxygens (including phenoxy) is 1. The van der Waals surface area contributed by atoms with Gasteiger partial charge in [0, 0.05) is 16.7 Å². The molecule has 110 valence electrons. The lowest BCUT2D eigenvalue weighted by molar-refractivity contribution is 0.0697. The zero-order valence-electron chi connectivity index (χ0n) is 11.4. The number of hydrogen-bond donors (Lipinski definition) is 2. The molecule has 0 aliphatic rings. The molecule has 5 heteroatoms. The minimum atomic E-state index is -0.938. The average Bonchev–Trinajstić information content (AvgIpc) is 2.47. The summed E-state index contributed by atoms with van der Waals surface area (Å²) in [5, 5.41) is 12.2. The van der Waals surface area contributed by atoms with E-state index in [2.05, 4.69) is 21.2 Å². The van der Waals surface area contributed by atoms with Crippen LogP contribution in [0.5, 0.6) is 5.75 Å². The quantitative estimate of drug-likeness (QED) is 0.741. The number of carbonyl (C=O) groups is 1. The lowest BCUT2D eigenvalue weighted by atomic mass is 10.2. The summed E-state index contributed by atoms with van der Waals surface area (Å²) in [7, 11) is 0. The summed E-state index contributed by atoms with van der Waals surface area (Å²) in [4.78, 5) is 11.0. The van der Waals surface area contributed by atoms with Crippen molar-refractivity contribution in [2.45, 2.75) is 6.42 Å². The zero-order valence-corrected chi connectivity index (χ0v) is 13.0. The highest BCUT2D eigenvalue weighted by Gasteiger charge is 2.05. The molecule has 2 N–H and O–H groups in total.